The molecule has 1 atom stereocenters. The van der Waals surface area contributed by atoms with Crippen LogP contribution < -0.4 is 5.32 Å². The van der Waals surface area contributed by atoms with Crippen LogP contribution in [0.3, 0.4) is 0 Å². The second-order valence-electron chi connectivity index (χ2n) is 5.04. The Morgan fingerprint density at radius 3 is 2.09 bits per heavy atom. The number of carbonyl (C=O) groups excluding carboxylic acids is 1. The topological polar surface area (TPSA) is 63.2 Å². The van der Waals surface area contributed by atoms with Crippen LogP contribution in [-0.2, 0) is 9.84 Å². The molecule has 0 bridgehead atoms. The molecule has 0 aliphatic carbocycles. The highest BCUT2D eigenvalue weighted by Crippen LogP contribution is 2.17. The summed E-state index contributed by atoms with van der Waals surface area (Å²) in [5.41, 5.74) is 1.14. The summed E-state index contributed by atoms with van der Waals surface area (Å²) in [4.78, 5) is 12.3. The SMILES string of the molecule is CC(NC(=O)c1ccc(F)cc1)c1ccc(S(C)(=O)=O)cc1. The summed E-state index contributed by atoms with van der Waals surface area (Å²) in [6.45, 7) is 1.79. The van der Waals surface area contributed by atoms with E-state index < -0.39 is 15.7 Å². The van der Waals surface area contributed by atoms with Crippen LogP contribution in [0.1, 0.15) is 28.9 Å². The summed E-state index contributed by atoms with van der Waals surface area (Å²) >= 11 is 0. The molecule has 1 N–H and O–H groups in total. The quantitative estimate of drug-likeness (QED) is 0.942. The third-order valence-electron chi connectivity index (χ3n) is 3.26. The van der Waals surface area contributed by atoms with Crippen molar-refractivity contribution in [2.75, 3.05) is 6.26 Å². The maximum absolute atomic E-state index is 12.8. The van der Waals surface area contributed by atoms with Crippen LogP contribution in [0.2, 0.25) is 0 Å². The van der Waals surface area contributed by atoms with Crippen molar-refractivity contribution >= 4 is 15.7 Å². The predicted molar refractivity (Wildman–Crippen MR) is 81.8 cm³/mol. The number of nitrogens with one attached hydrogen (secondary N) is 1. The van der Waals surface area contributed by atoms with Crippen LogP contribution in [0.15, 0.2) is 53.4 Å². The van der Waals surface area contributed by atoms with E-state index in [0.717, 1.165) is 11.8 Å². The molecule has 2 aromatic carbocycles. The first-order valence-corrected chi connectivity index (χ1v) is 8.53. The van der Waals surface area contributed by atoms with Crippen molar-refractivity contribution in [2.45, 2.75) is 17.9 Å². The Balaban J connectivity index is 2.10. The fourth-order valence-corrected chi connectivity index (χ4v) is 2.60. The predicted octanol–water partition coefficient (Wildman–Crippen LogP) is 2.72. The van der Waals surface area contributed by atoms with E-state index in [-0.39, 0.29) is 16.8 Å². The fourth-order valence-electron chi connectivity index (χ4n) is 1.97. The van der Waals surface area contributed by atoms with E-state index in [0.29, 0.717) is 5.56 Å². The van der Waals surface area contributed by atoms with Gasteiger partial charge in [-0.15, -0.1) is 0 Å². The Hall–Kier alpha value is -2.21. The van der Waals surface area contributed by atoms with Gasteiger partial charge in [0, 0.05) is 11.8 Å². The third kappa shape index (κ3) is 3.92. The van der Waals surface area contributed by atoms with Crippen LogP contribution in [0.4, 0.5) is 4.39 Å². The first-order chi connectivity index (χ1) is 10.3. The van der Waals surface area contributed by atoms with Crippen molar-refractivity contribution in [3.05, 3.63) is 65.5 Å². The van der Waals surface area contributed by atoms with Crippen LogP contribution in [0.5, 0.6) is 0 Å². The van der Waals surface area contributed by atoms with Crippen molar-refractivity contribution in [3.63, 3.8) is 0 Å². The zero-order valence-corrected chi connectivity index (χ0v) is 13.0. The van der Waals surface area contributed by atoms with Gasteiger partial charge in [-0.3, -0.25) is 4.79 Å². The van der Waals surface area contributed by atoms with Crippen LogP contribution in [0.25, 0.3) is 0 Å². The molecule has 0 saturated carbocycles. The summed E-state index contributed by atoms with van der Waals surface area (Å²) in [7, 11) is -3.24. The number of hydrogen-bond donors (Lipinski definition) is 1. The fraction of sp³-hybridized carbons (Fsp3) is 0.188. The molecule has 0 heterocycles. The van der Waals surface area contributed by atoms with Gasteiger partial charge < -0.3 is 5.32 Å². The number of hydrogen-bond acceptors (Lipinski definition) is 3. The molecule has 4 nitrogen and oxygen atoms in total. The third-order valence-corrected chi connectivity index (χ3v) is 4.39. The first-order valence-electron chi connectivity index (χ1n) is 6.64. The molecule has 22 heavy (non-hydrogen) atoms. The largest absolute Gasteiger partial charge is 0.346 e. The smallest absolute Gasteiger partial charge is 0.251 e. The molecule has 2 rings (SSSR count). The maximum atomic E-state index is 12.8. The van der Waals surface area contributed by atoms with Crippen LogP contribution in [0, 0.1) is 5.82 Å². The lowest BCUT2D eigenvalue weighted by Crippen LogP contribution is -2.26. The zero-order valence-electron chi connectivity index (χ0n) is 12.2. The molecular weight excluding hydrogens is 305 g/mol. The van der Waals surface area contributed by atoms with Gasteiger partial charge in [0.25, 0.3) is 5.91 Å². The molecular formula is C16H16FNO3S. The molecule has 0 spiro atoms. The number of rotatable bonds is 4. The average molecular weight is 321 g/mol. The minimum Gasteiger partial charge on any atom is -0.346 e. The van der Waals surface area contributed by atoms with E-state index in [2.05, 4.69) is 5.32 Å². The number of sulfone groups is 1. The van der Waals surface area contributed by atoms with E-state index in [9.17, 15) is 17.6 Å². The molecule has 116 valence electrons. The van der Waals surface area contributed by atoms with E-state index >= 15 is 0 Å². The highest BCUT2D eigenvalue weighted by atomic mass is 32.2. The van der Waals surface area contributed by atoms with Gasteiger partial charge in [-0.25, -0.2) is 12.8 Å². The van der Waals surface area contributed by atoms with E-state index in [4.69, 9.17) is 0 Å². The standard InChI is InChI=1S/C16H16FNO3S/c1-11(12-5-9-15(10-6-12)22(2,20)21)18-16(19)13-3-7-14(17)8-4-13/h3-11H,1-2H3,(H,18,19). The minimum atomic E-state index is -3.24. The van der Waals surface area contributed by atoms with E-state index in [1.165, 1.54) is 36.4 Å². The normalized spacial score (nSPS) is 12.7. The Labute approximate surface area is 128 Å². The minimum absolute atomic E-state index is 0.230. The van der Waals surface area contributed by atoms with Crippen LogP contribution in [-0.4, -0.2) is 20.6 Å². The molecule has 0 aromatic heterocycles. The summed E-state index contributed by atoms with van der Waals surface area (Å²) < 4.78 is 35.6. The van der Waals surface area contributed by atoms with Crippen LogP contribution >= 0.6 is 0 Å². The molecule has 1 amide bonds. The highest BCUT2D eigenvalue weighted by molar-refractivity contribution is 7.90. The molecule has 0 fully saturated rings. The lowest BCUT2D eigenvalue weighted by Gasteiger charge is -2.14. The molecule has 0 aliphatic rings. The molecule has 0 aliphatic heterocycles. The van der Waals surface area contributed by atoms with E-state index in [1.807, 2.05) is 0 Å². The van der Waals surface area contributed by atoms with Gasteiger partial charge in [0.05, 0.1) is 10.9 Å². The van der Waals surface area contributed by atoms with Crippen molar-refractivity contribution in [1.82, 2.24) is 5.32 Å². The van der Waals surface area contributed by atoms with Gasteiger partial charge >= 0.3 is 0 Å². The van der Waals surface area contributed by atoms with Gasteiger partial charge in [-0.2, -0.15) is 0 Å². The molecule has 0 radical (unpaired) electrons. The second kappa shape index (κ2) is 6.27. The van der Waals surface area contributed by atoms with Crippen molar-refractivity contribution in [3.8, 4) is 0 Å². The zero-order chi connectivity index (χ0) is 16.3. The highest BCUT2D eigenvalue weighted by Gasteiger charge is 2.13. The van der Waals surface area contributed by atoms with Gasteiger partial charge in [0.15, 0.2) is 9.84 Å². The summed E-state index contributed by atoms with van der Waals surface area (Å²) in [5.74, 6) is -0.722. The number of carbonyl (C=O) groups is 1. The molecule has 2 aromatic rings. The Morgan fingerprint density at radius 2 is 1.59 bits per heavy atom. The van der Waals surface area contributed by atoms with Crippen molar-refractivity contribution < 1.29 is 17.6 Å². The number of amides is 1. The lowest BCUT2D eigenvalue weighted by molar-refractivity contribution is 0.0940. The van der Waals surface area contributed by atoms with Gasteiger partial charge in [0.2, 0.25) is 0 Å². The Morgan fingerprint density at radius 1 is 1.05 bits per heavy atom. The van der Waals surface area contributed by atoms with Crippen molar-refractivity contribution in [2.24, 2.45) is 0 Å². The van der Waals surface area contributed by atoms with Gasteiger partial charge in [-0.05, 0) is 48.9 Å². The Kier molecular flexibility index (Phi) is 4.61. The Bertz CT molecular complexity index is 768. The number of halogens is 1. The second-order valence-corrected chi connectivity index (χ2v) is 7.06. The van der Waals surface area contributed by atoms with Crippen molar-refractivity contribution in [1.29, 1.82) is 0 Å². The first kappa shape index (κ1) is 16.2. The summed E-state index contributed by atoms with van der Waals surface area (Å²) in [6.07, 6.45) is 1.14. The van der Waals surface area contributed by atoms with E-state index in [1.54, 1.807) is 19.1 Å². The molecule has 0 saturated heterocycles. The average Bonchev–Trinajstić information content (AvgIpc) is 2.47. The molecule has 1 unspecified atom stereocenters. The maximum Gasteiger partial charge on any atom is 0.251 e. The number of benzene rings is 2. The van der Waals surface area contributed by atoms with Gasteiger partial charge in [-0.1, -0.05) is 12.1 Å². The summed E-state index contributed by atoms with van der Waals surface area (Å²) in [5, 5.41) is 2.78. The molecule has 6 heteroatoms. The van der Waals surface area contributed by atoms with Gasteiger partial charge in [0.1, 0.15) is 5.82 Å². The summed E-state index contributed by atoms with van der Waals surface area (Å²) in [6, 6.07) is 11.3. The lowest BCUT2D eigenvalue weighted by atomic mass is 10.1. The monoisotopic (exact) mass is 321 g/mol.